The Morgan fingerprint density at radius 1 is 0.933 bits per heavy atom. The molecule has 0 aliphatic carbocycles. The van der Waals surface area contributed by atoms with Gasteiger partial charge in [0.1, 0.15) is 6.10 Å². The summed E-state index contributed by atoms with van der Waals surface area (Å²) in [7, 11) is 0. The largest absolute Gasteiger partial charge is 0.390 e. The Balaban J connectivity index is 2.47. The van der Waals surface area contributed by atoms with Crippen LogP contribution in [0.15, 0.2) is 42.5 Å². The van der Waals surface area contributed by atoms with Gasteiger partial charge in [0, 0.05) is 0 Å². The maximum atomic E-state index is 9.71. The summed E-state index contributed by atoms with van der Waals surface area (Å²) in [5, 5.41) is 21.2. The Morgan fingerprint density at radius 3 is 2.27 bits per heavy atom. The number of rotatable bonds is 2. The van der Waals surface area contributed by atoms with Gasteiger partial charge in [-0.3, -0.25) is 0 Å². The van der Waals surface area contributed by atoms with Crippen molar-refractivity contribution in [1.29, 1.82) is 0 Å². The smallest absolute Gasteiger partial charge is 0.105 e. The fraction of sp³-hybridized carbons (Fsp3) is 0.231. The normalized spacial score (nSPS) is 15.1. The van der Waals surface area contributed by atoms with E-state index >= 15 is 0 Å². The molecule has 0 aromatic heterocycles. The highest BCUT2D eigenvalue weighted by atomic mass is 16.3. The number of aliphatic hydroxyl groups is 2. The minimum atomic E-state index is -0.811. The Bertz CT molecular complexity index is 463. The molecule has 0 fully saturated rings. The Hall–Kier alpha value is -1.38. The molecule has 0 saturated carbocycles. The molecular formula is C13H14O2. The molecular weight excluding hydrogens is 188 g/mol. The van der Waals surface area contributed by atoms with E-state index in [0.29, 0.717) is 0 Å². The lowest BCUT2D eigenvalue weighted by Crippen LogP contribution is -2.13. The standard InChI is InChI=1S/C13H14O2/c1-9(14)13(15)12-7-6-10-4-2-3-5-11(10)8-12/h2-9,13-15H,1H3/t9-,13+/m0/s1. The van der Waals surface area contributed by atoms with Crippen LogP contribution in [0, 0.1) is 0 Å². The molecule has 0 aliphatic rings. The molecule has 0 radical (unpaired) electrons. The zero-order valence-electron chi connectivity index (χ0n) is 8.59. The predicted molar refractivity (Wildman–Crippen MR) is 60.6 cm³/mol. The summed E-state index contributed by atoms with van der Waals surface area (Å²) in [5.74, 6) is 0. The Morgan fingerprint density at radius 2 is 1.60 bits per heavy atom. The fourth-order valence-corrected chi connectivity index (χ4v) is 1.67. The third kappa shape index (κ3) is 2.01. The summed E-state index contributed by atoms with van der Waals surface area (Å²) in [6.45, 7) is 1.58. The number of aliphatic hydroxyl groups excluding tert-OH is 2. The second kappa shape index (κ2) is 4.01. The van der Waals surface area contributed by atoms with Gasteiger partial charge in [0.25, 0.3) is 0 Å². The van der Waals surface area contributed by atoms with Crippen molar-refractivity contribution in [2.75, 3.05) is 0 Å². The van der Waals surface area contributed by atoms with Crippen molar-refractivity contribution in [2.24, 2.45) is 0 Å². The van der Waals surface area contributed by atoms with E-state index in [9.17, 15) is 10.2 Å². The van der Waals surface area contributed by atoms with Crippen LogP contribution in [0.4, 0.5) is 0 Å². The molecule has 0 unspecified atom stereocenters. The van der Waals surface area contributed by atoms with E-state index in [4.69, 9.17) is 0 Å². The second-order valence-corrected chi connectivity index (χ2v) is 3.79. The van der Waals surface area contributed by atoms with Crippen LogP contribution in [0.3, 0.4) is 0 Å². The second-order valence-electron chi connectivity index (χ2n) is 3.79. The van der Waals surface area contributed by atoms with Gasteiger partial charge in [-0.1, -0.05) is 36.4 Å². The van der Waals surface area contributed by atoms with Crippen molar-refractivity contribution in [1.82, 2.24) is 0 Å². The number of fused-ring (bicyclic) bond motifs is 1. The third-order valence-electron chi connectivity index (χ3n) is 2.57. The molecule has 15 heavy (non-hydrogen) atoms. The molecule has 2 atom stereocenters. The van der Waals surface area contributed by atoms with Crippen LogP contribution in [-0.2, 0) is 0 Å². The van der Waals surface area contributed by atoms with Crippen LogP contribution in [0.2, 0.25) is 0 Å². The average Bonchev–Trinajstić information content (AvgIpc) is 2.27. The molecule has 2 nitrogen and oxygen atoms in total. The lowest BCUT2D eigenvalue weighted by molar-refractivity contribution is 0.0306. The highest BCUT2D eigenvalue weighted by molar-refractivity contribution is 5.83. The SMILES string of the molecule is C[C@H](O)[C@@H](O)c1ccc2ccccc2c1. The minimum absolute atomic E-state index is 0.744. The Kier molecular flexibility index (Phi) is 2.71. The highest BCUT2D eigenvalue weighted by Crippen LogP contribution is 2.22. The lowest BCUT2D eigenvalue weighted by atomic mass is 10.0. The van der Waals surface area contributed by atoms with E-state index in [0.717, 1.165) is 16.3 Å². The van der Waals surface area contributed by atoms with Gasteiger partial charge in [0.15, 0.2) is 0 Å². The monoisotopic (exact) mass is 202 g/mol. The van der Waals surface area contributed by atoms with Gasteiger partial charge in [0.05, 0.1) is 6.10 Å². The number of hydrogen-bond acceptors (Lipinski definition) is 2. The molecule has 2 heteroatoms. The van der Waals surface area contributed by atoms with Crippen molar-refractivity contribution < 1.29 is 10.2 Å². The molecule has 0 amide bonds. The molecule has 78 valence electrons. The van der Waals surface area contributed by atoms with Gasteiger partial charge in [-0.05, 0) is 29.3 Å². The van der Waals surface area contributed by atoms with Crippen LogP contribution in [-0.4, -0.2) is 16.3 Å². The molecule has 2 aromatic carbocycles. The summed E-state index contributed by atoms with van der Waals surface area (Å²) >= 11 is 0. The van der Waals surface area contributed by atoms with Gasteiger partial charge in [-0.15, -0.1) is 0 Å². The first-order valence-corrected chi connectivity index (χ1v) is 5.03. The molecule has 0 spiro atoms. The van der Waals surface area contributed by atoms with E-state index in [-0.39, 0.29) is 0 Å². The van der Waals surface area contributed by atoms with Gasteiger partial charge in [-0.25, -0.2) is 0 Å². The summed E-state index contributed by atoms with van der Waals surface area (Å²) < 4.78 is 0. The molecule has 0 saturated heterocycles. The maximum absolute atomic E-state index is 9.71. The summed E-state index contributed by atoms with van der Waals surface area (Å²) in [6.07, 6.45) is -1.55. The third-order valence-corrected chi connectivity index (χ3v) is 2.57. The van der Waals surface area contributed by atoms with Crippen molar-refractivity contribution in [3.63, 3.8) is 0 Å². The fourth-order valence-electron chi connectivity index (χ4n) is 1.67. The first-order chi connectivity index (χ1) is 7.18. The van der Waals surface area contributed by atoms with Crippen LogP contribution in [0.5, 0.6) is 0 Å². The topological polar surface area (TPSA) is 40.5 Å². The Labute approximate surface area is 88.8 Å². The molecule has 0 aliphatic heterocycles. The van der Waals surface area contributed by atoms with Gasteiger partial charge < -0.3 is 10.2 Å². The number of benzene rings is 2. The van der Waals surface area contributed by atoms with Crippen LogP contribution in [0.25, 0.3) is 10.8 Å². The van der Waals surface area contributed by atoms with Crippen LogP contribution >= 0.6 is 0 Å². The van der Waals surface area contributed by atoms with E-state index in [1.54, 1.807) is 6.92 Å². The number of hydrogen-bond donors (Lipinski definition) is 2. The van der Waals surface area contributed by atoms with Gasteiger partial charge >= 0.3 is 0 Å². The minimum Gasteiger partial charge on any atom is -0.390 e. The van der Waals surface area contributed by atoms with Crippen LogP contribution in [0.1, 0.15) is 18.6 Å². The summed E-state index contributed by atoms with van der Waals surface area (Å²) in [4.78, 5) is 0. The predicted octanol–water partition coefficient (Wildman–Crippen LogP) is 2.25. The zero-order valence-corrected chi connectivity index (χ0v) is 8.59. The maximum Gasteiger partial charge on any atom is 0.105 e. The van der Waals surface area contributed by atoms with E-state index in [1.165, 1.54) is 0 Å². The van der Waals surface area contributed by atoms with Crippen molar-refractivity contribution in [2.45, 2.75) is 19.1 Å². The molecule has 0 heterocycles. The quantitative estimate of drug-likeness (QED) is 0.784. The van der Waals surface area contributed by atoms with Gasteiger partial charge in [-0.2, -0.15) is 0 Å². The first kappa shape index (κ1) is 10.1. The van der Waals surface area contributed by atoms with Crippen LogP contribution < -0.4 is 0 Å². The van der Waals surface area contributed by atoms with Crippen molar-refractivity contribution in [3.05, 3.63) is 48.0 Å². The zero-order chi connectivity index (χ0) is 10.8. The van der Waals surface area contributed by atoms with Gasteiger partial charge in [0.2, 0.25) is 0 Å². The highest BCUT2D eigenvalue weighted by Gasteiger charge is 2.13. The lowest BCUT2D eigenvalue weighted by Gasteiger charge is -2.14. The average molecular weight is 202 g/mol. The van der Waals surface area contributed by atoms with Crippen molar-refractivity contribution in [3.8, 4) is 0 Å². The van der Waals surface area contributed by atoms with E-state index in [1.807, 2.05) is 42.5 Å². The molecule has 2 aromatic rings. The van der Waals surface area contributed by atoms with Crippen molar-refractivity contribution >= 4 is 10.8 Å². The van der Waals surface area contributed by atoms with E-state index in [2.05, 4.69) is 0 Å². The van der Waals surface area contributed by atoms with E-state index < -0.39 is 12.2 Å². The molecule has 2 rings (SSSR count). The molecule has 0 bridgehead atoms. The molecule has 2 N–H and O–H groups in total. The summed E-state index contributed by atoms with van der Waals surface area (Å²) in [5.41, 5.74) is 0.753. The summed E-state index contributed by atoms with van der Waals surface area (Å²) in [6, 6.07) is 13.7. The first-order valence-electron chi connectivity index (χ1n) is 5.03.